The zero-order valence-electron chi connectivity index (χ0n) is 7.58. The first-order valence-corrected chi connectivity index (χ1v) is 4.25. The van der Waals surface area contributed by atoms with Crippen LogP contribution in [0.3, 0.4) is 0 Å². The van der Waals surface area contributed by atoms with E-state index in [1.165, 1.54) is 0 Å². The van der Waals surface area contributed by atoms with Crippen molar-refractivity contribution in [2.45, 2.75) is 25.9 Å². The van der Waals surface area contributed by atoms with Crippen molar-refractivity contribution >= 4 is 5.91 Å². The summed E-state index contributed by atoms with van der Waals surface area (Å²) in [6, 6.07) is 1.39. The van der Waals surface area contributed by atoms with Gasteiger partial charge in [0.15, 0.2) is 0 Å². The summed E-state index contributed by atoms with van der Waals surface area (Å²) in [6.07, 6.45) is 2.29. The van der Waals surface area contributed by atoms with Crippen molar-refractivity contribution in [3.05, 3.63) is 18.0 Å². The first-order valence-electron chi connectivity index (χ1n) is 4.25. The van der Waals surface area contributed by atoms with Crippen LogP contribution in [0.5, 0.6) is 0 Å². The Balaban J connectivity index is 2.31. The fourth-order valence-corrected chi connectivity index (χ4v) is 0.882. The van der Waals surface area contributed by atoms with Gasteiger partial charge in [0.1, 0.15) is 0 Å². The van der Waals surface area contributed by atoms with E-state index in [-0.39, 0.29) is 5.91 Å². The number of rotatable bonds is 4. The summed E-state index contributed by atoms with van der Waals surface area (Å²) < 4.78 is 0. The molecule has 5 nitrogen and oxygen atoms in total. The van der Waals surface area contributed by atoms with E-state index in [1.807, 2.05) is 6.92 Å². The number of carbonyl (C=O) groups excluding carboxylic acids is 1. The first-order chi connectivity index (χ1) is 6.24. The van der Waals surface area contributed by atoms with Gasteiger partial charge in [-0.2, -0.15) is 5.10 Å². The number of hydrogen-bond donors (Lipinski definition) is 3. The number of amides is 1. The Kier molecular flexibility index (Phi) is 3.45. The van der Waals surface area contributed by atoms with Gasteiger partial charge in [0.05, 0.1) is 18.3 Å². The van der Waals surface area contributed by atoms with Crippen LogP contribution >= 0.6 is 0 Å². The number of aromatic nitrogens is 2. The van der Waals surface area contributed by atoms with Crippen LogP contribution in [-0.4, -0.2) is 22.1 Å². The van der Waals surface area contributed by atoms with Crippen molar-refractivity contribution in [1.82, 2.24) is 15.5 Å². The highest BCUT2D eigenvalue weighted by molar-refractivity contribution is 5.81. The molecule has 4 N–H and O–H groups in total. The van der Waals surface area contributed by atoms with Gasteiger partial charge < -0.3 is 11.1 Å². The molecule has 0 unspecified atom stereocenters. The van der Waals surface area contributed by atoms with Gasteiger partial charge in [-0.1, -0.05) is 6.92 Å². The standard InChI is InChI=1S/C8H14N4O/c1-2-7(9)8(13)10-5-6-3-4-11-12-6/h3-4,7H,2,5,9H2,1H3,(H,10,13)(H,11,12)/t7-/m1/s1. The molecule has 1 heterocycles. The molecular formula is C8H14N4O. The summed E-state index contributed by atoms with van der Waals surface area (Å²) in [7, 11) is 0. The number of H-pyrrole nitrogens is 1. The highest BCUT2D eigenvalue weighted by atomic mass is 16.2. The van der Waals surface area contributed by atoms with E-state index in [2.05, 4.69) is 15.5 Å². The number of aromatic amines is 1. The second-order valence-electron chi connectivity index (χ2n) is 2.81. The van der Waals surface area contributed by atoms with Crippen molar-refractivity contribution in [2.75, 3.05) is 0 Å². The lowest BCUT2D eigenvalue weighted by molar-refractivity contribution is -0.122. The molecule has 0 radical (unpaired) electrons. The number of hydrogen-bond acceptors (Lipinski definition) is 3. The lowest BCUT2D eigenvalue weighted by Crippen LogP contribution is -2.39. The zero-order valence-corrected chi connectivity index (χ0v) is 7.58. The molecule has 5 heteroatoms. The average Bonchev–Trinajstić information content (AvgIpc) is 2.65. The summed E-state index contributed by atoms with van der Waals surface area (Å²) in [6.45, 7) is 2.33. The van der Waals surface area contributed by atoms with Crippen molar-refractivity contribution in [2.24, 2.45) is 5.73 Å². The number of nitrogens with two attached hydrogens (primary N) is 1. The highest BCUT2D eigenvalue weighted by Crippen LogP contribution is 1.91. The number of carbonyl (C=O) groups is 1. The molecule has 1 rings (SSSR count). The minimum Gasteiger partial charge on any atom is -0.349 e. The van der Waals surface area contributed by atoms with E-state index >= 15 is 0 Å². The van der Waals surface area contributed by atoms with E-state index < -0.39 is 6.04 Å². The van der Waals surface area contributed by atoms with Gasteiger partial charge in [-0.05, 0) is 12.5 Å². The third-order valence-corrected chi connectivity index (χ3v) is 1.79. The second kappa shape index (κ2) is 4.61. The molecule has 1 amide bonds. The maximum absolute atomic E-state index is 11.2. The van der Waals surface area contributed by atoms with Gasteiger partial charge in [0, 0.05) is 6.20 Å². The maximum atomic E-state index is 11.2. The van der Waals surface area contributed by atoms with Gasteiger partial charge in [0.2, 0.25) is 5.91 Å². The van der Waals surface area contributed by atoms with Gasteiger partial charge in [-0.3, -0.25) is 9.89 Å². The van der Waals surface area contributed by atoms with E-state index in [9.17, 15) is 4.79 Å². The van der Waals surface area contributed by atoms with Crippen molar-refractivity contribution in [3.8, 4) is 0 Å². The van der Waals surface area contributed by atoms with E-state index in [1.54, 1.807) is 12.3 Å². The van der Waals surface area contributed by atoms with Gasteiger partial charge >= 0.3 is 0 Å². The molecule has 0 saturated carbocycles. The smallest absolute Gasteiger partial charge is 0.237 e. The van der Waals surface area contributed by atoms with Crippen LogP contribution in [0.2, 0.25) is 0 Å². The van der Waals surface area contributed by atoms with Crippen LogP contribution < -0.4 is 11.1 Å². The largest absolute Gasteiger partial charge is 0.349 e. The molecule has 0 aliphatic rings. The maximum Gasteiger partial charge on any atom is 0.237 e. The Morgan fingerprint density at radius 1 is 1.85 bits per heavy atom. The fourth-order valence-electron chi connectivity index (χ4n) is 0.882. The number of nitrogens with zero attached hydrogens (tertiary/aromatic N) is 1. The lowest BCUT2D eigenvalue weighted by Gasteiger charge is -2.08. The highest BCUT2D eigenvalue weighted by Gasteiger charge is 2.09. The molecule has 0 fully saturated rings. The van der Waals surface area contributed by atoms with Gasteiger partial charge in [-0.15, -0.1) is 0 Å². The van der Waals surface area contributed by atoms with Gasteiger partial charge in [-0.25, -0.2) is 0 Å². The first kappa shape index (κ1) is 9.73. The molecule has 13 heavy (non-hydrogen) atoms. The molecule has 0 aliphatic heterocycles. The van der Waals surface area contributed by atoms with Crippen molar-refractivity contribution in [1.29, 1.82) is 0 Å². The fraction of sp³-hybridized carbons (Fsp3) is 0.500. The van der Waals surface area contributed by atoms with E-state index in [0.717, 1.165) is 5.69 Å². The SMILES string of the molecule is CC[C@@H](N)C(=O)NCc1ccn[nH]1. The van der Waals surface area contributed by atoms with Crippen molar-refractivity contribution in [3.63, 3.8) is 0 Å². The van der Waals surface area contributed by atoms with E-state index in [0.29, 0.717) is 13.0 Å². The lowest BCUT2D eigenvalue weighted by atomic mass is 10.2. The van der Waals surface area contributed by atoms with Crippen LogP contribution in [0, 0.1) is 0 Å². The molecule has 1 atom stereocenters. The Labute approximate surface area is 76.7 Å². The Morgan fingerprint density at radius 3 is 3.15 bits per heavy atom. The summed E-state index contributed by atoms with van der Waals surface area (Å²) in [5.41, 5.74) is 6.39. The summed E-state index contributed by atoms with van der Waals surface area (Å²) in [4.78, 5) is 11.2. The minimum atomic E-state index is -0.414. The molecular weight excluding hydrogens is 168 g/mol. The van der Waals surface area contributed by atoms with Crippen LogP contribution in [-0.2, 0) is 11.3 Å². The van der Waals surface area contributed by atoms with Gasteiger partial charge in [0.25, 0.3) is 0 Å². The molecule has 0 aromatic carbocycles. The van der Waals surface area contributed by atoms with Crippen LogP contribution in [0.1, 0.15) is 19.0 Å². The topological polar surface area (TPSA) is 83.8 Å². The molecule has 72 valence electrons. The summed E-state index contributed by atoms with van der Waals surface area (Å²) >= 11 is 0. The van der Waals surface area contributed by atoms with Crippen LogP contribution in [0.4, 0.5) is 0 Å². The van der Waals surface area contributed by atoms with Crippen LogP contribution in [0.15, 0.2) is 12.3 Å². The van der Waals surface area contributed by atoms with Crippen LogP contribution in [0.25, 0.3) is 0 Å². The van der Waals surface area contributed by atoms with E-state index in [4.69, 9.17) is 5.73 Å². The molecule has 0 aliphatic carbocycles. The summed E-state index contributed by atoms with van der Waals surface area (Å²) in [5.74, 6) is -0.128. The molecule has 0 spiro atoms. The Hall–Kier alpha value is -1.36. The zero-order chi connectivity index (χ0) is 9.68. The quantitative estimate of drug-likeness (QED) is 0.601. The predicted molar refractivity (Wildman–Crippen MR) is 48.7 cm³/mol. The Bertz CT molecular complexity index is 257. The third-order valence-electron chi connectivity index (χ3n) is 1.79. The normalized spacial score (nSPS) is 12.5. The third kappa shape index (κ3) is 2.87. The monoisotopic (exact) mass is 182 g/mol. The van der Waals surface area contributed by atoms with Crippen molar-refractivity contribution < 1.29 is 4.79 Å². The summed E-state index contributed by atoms with van der Waals surface area (Å²) in [5, 5.41) is 9.20. The molecule has 1 aromatic rings. The molecule has 1 aromatic heterocycles. The minimum absolute atomic E-state index is 0.128. The average molecular weight is 182 g/mol. The molecule has 0 saturated heterocycles. The second-order valence-corrected chi connectivity index (χ2v) is 2.81. The Morgan fingerprint density at radius 2 is 2.62 bits per heavy atom. The predicted octanol–water partition coefficient (Wildman–Crippen LogP) is -0.237. The number of nitrogens with one attached hydrogen (secondary N) is 2. The molecule has 0 bridgehead atoms.